The number of hydrogen-bond donors (Lipinski definition) is 2. The molecule has 0 saturated heterocycles. The average molecular weight is 287 g/mol. The molecular weight excluding hydrogens is 270 g/mol. The van der Waals surface area contributed by atoms with E-state index in [-0.39, 0.29) is 5.84 Å². The second-order valence-corrected chi connectivity index (χ2v) is 4.41. The SMILES string of the molecule is COc1cc(/C(N)=N/O)ccc1OCc1ncccc1C. The van der Waals surface area contributed by atoms with Crippen molar-refractivity contribution in [2.75, 3.05) is 7.11 Å². The highest BCUT2D eigenvalue weighted by Crippen LogP contribution is 2.28. The molecule has 21 heavy (non-hydrogen) atoms. The molecule has 2 rings (SSSR count). The van der Waals surface area contributed by atoms with Gasteiger partial charge in [0.05, 0.1) is 12.8 Å². The first-order valence-corrected chi connectivity index (χ1v) is 6.35. The number of nitrogens with zero attached hydrogens (tertiary/aromatic N) is 2. The van der Waals surface area contributed by atoms with Crippen molar-refractivity contribution >= 4 is 5.84 Å². The third kappa shape index (κ3) is 3.42. The number of benzene rings is 1. The van der Waals surface area contributed by atoms with Gasteiger partial charge in [0.2, 0.25) is 0 Å². The number of methoxy groups -OCH3 is 1. The zero-order valence-corrected chi connectivity index (χ0v) is 11.9. The Morgan fingerprint density at radius 3 is 2.81 bits per heavy atom. The first-order chi connectivity index (χ1) is 10.2. The van der Waals surface area contributed by atoms with Crippen molar-refractivity contribution in [2.45, 2.75) is 13.5 Å². The third-order valence-corrected chi connectivity index (χ3v) is 3.05. The van der Waals surface area contributed by atoms with E-state index in [0.29, 0.717) is 23.7 Å². The summed E-state index contributed by atoms with van der Waals surface area (Å²) in [5, 5.41) is 11.6. The van der Waals surface area contributed by atoms with Crippen LogP contribution in [0.25, 0.3) is 0 Å². The molecule has 0 saturated carbocycles. The summed E-state index contributed by atoms with van der Waals surface area (Å²) in [5.41, 5.74) is 8.02. The molecular formula is C15H17N3O3. The minimum absolute atomic E-state index is 0.0143. The number of rotatable bonds is 5. The van der Waals surface area contributed by atoms with Gasteiger partial charge in [0.1, 0.15) is 6.61 Å². The van der Waals surface area contributed by atoms with E-state index in [4.69, 9.17) is 20.4 Å². The van der Waals surface area contributed by atoms with Crippen LogP contribution >= 0.6 is 0 Å². The summed E-state index contributed by atoms with van der Waals surface area (Å²) in [5.74, 6) is 1.09. The largest absolute Gasteiger partial charge is 0.493 e. The molecule has 0 bridgehead atoms. The molecule has 0 aliphatic heterocycles. The molecule has 0 radical (unpaired) electrons. The number of aryl methyl sites for hydroxylation is 1. The normalized spacial score (nSPS) is 11.2. The van der Waals surface area contributed by atoms with Gasteiger partial charge in [0, 0.05) is 11.8 Å². The van der Waals surface area contributed by atoms with Gasteiger partial charge in [-0.15, -0.1) is 0 Å². The minimum atomic E-state index is 0.0143. The molecule has 2 aromatic rings. The molecule has 110 valence electrons. The Balaban J connectivity index is 2.19. The molecule has 0 unspecified atom stereocenters. The van der Waals surface area contributed by atoms with Gasteiger partial charge in [-0.1, -0.05) is 11.2 Å². The molecule has 3 N–H and O–H groups in total. The van der Waals surface area contributed by atoms with Crippen molar-refractivity contribution < 1.29 is 14.7 Å². The predicted octanol–water partition coefficient (Wildman–Crippen LogP) is 2.07. The van der Waals surface area contributed by atoms with Crippen molar-refractivity contribution in [3.05, 3.63) is 53.3 Å². The number of ether oxygens (including phenoxy) is 2. The lowest BCUT2D eigenvalue weighted by atomic mass is 10.2. The smallest absolute Gasteiger partial charge is 0.170 e. The third-order valence-electron chi connectivity index (χ3n) is 3.05. The second-order valence-electron chi connectivity index (χ2n) is 4.41. The van der Waals surface area contributed by atoms with Crippen LogP contribution in [0.4, 0.5) is 0 Å². The molecule has 0 fully saturated rings. The maximum Gasteiger partial charge on any atom is 0.170 e. The van der Waals surface area contributed by atoms with Crippen LogP contribution in [0.5, 0.6) is 11.5 Å². The summed E-state index contributed by atoms with van der Waals surface area (Å²) in [6.45, 7) is 2.32. The van der Waals surface area contributed by atoms with Crippen molar-refractivity contribution in [1.82, 2.24) is 4.98 Å². The zero-order valence-electron chi connectivity index (χ0n) is 11.9. The van der Waals surface area contributed by atoms with Gasteiger partial charge in [0.15, 0.2) is 17.3 Å². The predicted molar refractivity (Wildman–Crippen MR) is 78.8 cm³/mol. The molecule has 0 aliphatic carbocycles. The van der Waals surface area contributed by atoms with E-state index in [9.17, 15) is 0 Å². The molecule has 0 aliphatic rings. The van der Waals surface area contributed by atoms with Crippen LogP contribution in [0, 0.1) is 6.92 Å². The number of pyridine rings is 1. The molecule has 1 aromatic carbocycles. The van der Waals surface area contributed by atoms with Gasteiger partial charge in [-0.05, 0) is 36.8 Å². The van der Waals surface area contributed by atoms with E-state index in [1.807, 2.05) is 19.1 Å². The van der Waals surface area contributed by atoms with E-state index in [1.165, 1.54) is 7.11 Å². The summed E-state index contributed by atoms with van der Waals surface area (Å²) in [7, 11) is 1.53. The lowest BCUT2D eigenvalue weighted by Gasteiger charge is -2.12. The number of oxime groups is 1. The number of amidine groups is 1. The quantitative estimate of drug-likeness (QED) is 0.380. The monoisotopic (exact) mass is 287 g/mol. The molecule has 6 nitrogen and oxygen atoms in total. The van der Waals surface area contributed by atoms with Crippen molar-refractivity contribution in [3.63, 3.8) is 0 Å². The first-order valence-electron chi connectivity index (χ1n) is 6.35. The lowest BCUT2D eigenvalue weighted by molar-refractivity contribution is 0.280. The lowest BCUT2D eigenvalue weighted by Crippen LogP contribution is -2.13. The van der Waals surface area contributed by atoms with Gasteiger partial charge in [-0.2, -0.15) is 0 Å². The van der Waals surface area contributed by atoms with Gasteiger partial charge in [0.25, 0.3) is 0 Å². The van der Waals surface area contributed by atoms with Gasteiger partial charge in [-0.25, -0.2) is 0 Å². The van der Waals surface area contributed by atoms with E-state index in [2.05, 4.69) is 10.1 Å². The molecule has 1 aromatic heterocycles. The number of aromatic nitrogens is 1. The van der Waals surface area contributed by atoms with Crippen molar-refractivity contribution in [2.24, 2.45) is 10.9 Å². The Hall–Kier alpha value is -2.76. The van der Waals surface area contributed by atoms with Crippen molar-refractivity contribution in [1.29, 1.82) is 0 Å². The maximum absolute atomic E-state index is 8.69. The van der Waals surface area contributed by atoms with Gasteiger partial charge < -0.3 is 20.4 Å². The standard InChI is InChI=1S/C15H17N3O3/c1-10-4-3-7-17-12(10)9-21-13-6-5-11(15(16)18-19)8-14(13)20-2/h3-8,19H,9H2,1-2H3,(H2,16,18). The fourth-order valence-electron chi connectivity index (χ4n) is 1.82. The van der Waals surface area contributed by atoms with Crippen LogP contribution in [-0.4, -0.2) is 23.1 Å². The van der Waals surface area contributed by atoms with E-state index < -0.39 is 0 Å². The Morgan fingerprint density at radius 1 is 1.33 bits per heavy atom. The molecule has 0 amide bonds. The molecule has 1 heterocycles. The van der Waals surface area contributed by atoms with Crippen LogP contribution in [0.1, 0.15) is 16.8 Å². The minimum Gasteiger partial charge on any atom is -0.493 e. The summed E-state index contributed by atoms with van der Waals surface area (Å²) in [6.07, 6.45) is 1.73. The Kier molecular flexibility index (Phi) is 4.61. The molecule has 6 heteroatoms. The first kappa shape index (κ1) is 14.6. The van der Waals surface area contributed by atoms with Gasteiger partial charge in [-0.3, -0.25) is 4.98 Å². The van der Waals surface area contributed by atoms with Crippen LogP contribution in [0.2, 0.25) is 0 Å². The highest BCUT2D eigenvalue weighted by atomic mass is 16.5. The Labute approximate surface area is 122 Å². The Morgan fingerprint density at radius 2 is 2.14 bits per heavy atom. The maximum atomic E-state index is 8.69. The molecule has 0 spiro atoms. The fourth-order valence-corrected chi connectivity index (χ4v) is 1.82. The van der Waals surface area contributed by atoms with Crippen molar-refractivity contribution in [3.8, 4) is 11.5 Å². The average Bonchev–Trinajstić information content (AvgIpc) is 2.53. The second kappa shape index (κ2) is 6.60. The molecule has 0 atom stereocenters. The Bertz CT molecular complexity index is 656. The van der Waals surface area contributed by atoms with E-state index in [1.54, 1.807) is 24.4 Å². The number of nitrogens with two attached hydrogens (primary N) is 1. The highest BCUT2D eigenvalue weighted by Gasteiger charge is 2.09. The topological polar surface area (TPSA) is 90.0 Å². The summed E-state index contributed by atoms with van der Waals surface area (Å²) < 4.78 is 11.0. The summed E-state index contributed by atoms with van der Waals surface area (Å²) in [4.78, 5) is 4.27. The van der Waals surface area contributed by atoms with Crippen LogP contribution < -0.4 is 15.2 Å². The fraction of sp³-hybridized carbons (Fsp3) is 0.200. The highest BCUT2D eigenvalue weighted by molar-refractivity contribution is 5.97. The van der Waals surface area contributed by atoms with E-state index in [0.717, 1.165) is 11.3 Å². The van der Waals surface area contributed by atoms with Crippen LogP contribution in [-0.2, 0) is 6.61 Å². The summed E-state index contributed by atoms with van der Waals surface area (Å²) >= 11 is 0. The number of hydrogen-bond acceptors (Lipinski definition) is 5. The van der Waals surface area contributed by atoms with Crippen LogP contribution in [0.3, 0.4) is 0 Å². The van der Waals surface area contributed by atoms with Crippen LogP contribution in [0.15, 0.2) is 41.7 Å². The van der Waals surface area contributed by atoms with Gasteiger partial charge >= 0.3 is 0 Å². The summed E-state index contributed by atoms with van der Waals surface area (Å²) in [6, 6.07) is 8.91. The zero-order chi connectivity index (χ0) is 15.2. The van der Waals surface area contributed by atoms with E-state index >= 15 is 0 Å².